The second-order valence-corrected chi connectivity index (χ2v) is 5.59. The monoisotopic (exact) mass is 225 g/mol. The molecule has 94 valence electrons. The molecule has 0 radical (unpaired) electrons. The fourth-order valence-electron chi connectivity index (χ4n) is 2.98. The highest BCUT2D eigenvalue weighted by atomic mass is 16.5. The van der Waals surface area contributed by atoms with E-state index >= 15 is 0 Å². The molecule has 16 heavy (non-hydrogen) atoms. The zero-order chi connectivity index (χ0) is 11.3. The smallest absolute Gasteiger partial charge is 0.0697 e. The zero-order valence-electron chi connectivity index (χ0n) is 10.8. The molecule has 1 saturated heterocycles. The lowest BCUT2D eigenvalue weighted by Crippen LogP contribution is -2.51. The SMILES string of the molecule is CCCCCCNC1CCOC2(CCC2)C1. The van der Waals surface area contributed by atoms with Crippen LogP contribution in [0.4, 0.5) is 0 Å². The minimum Gasteiger partial charge on any atom is -0.375 e. The van der Waals surface area contributed by atoms with Gasteiger partial charge in [0, 0.05) is 12.6 Å². The number of nitrogens with one attached hydrogen (secondary N) is 1. The Morgan fingerprint density at radius 1 is 1.25 bits per heavy atom. The molecule has 1 atom stereocenters. The van der Waals surface area contributed by atoms with Gasteiger partial charge in [0.25, 0.3) is 0 Å². The summed E-state index contributed by atoms with van der Waals surface area (Å²) in [6.07, 6.45) is 11.9. The molecular weight excluding hydrogens is 198 g/mol. The summed E-state index contributed by atoms with van der Waals surface area (Å²) in [5, 5.41) is 3.72. The van der Waals surface area contributed by atoms with Crippen LogP contribution in [0.2, 0.25) is 0 Å². The highest BCUT2D eigenvalue weighted by molar-refractivity contribution is 4.95. The molecule has 0 aromatic heterocycles. The first-order chi connectivity index (χ1) is 7.85. The average molecular weight is 225 g/mol. The number of hydrogen-bond donors (Lipinski definition) is 1. The Hall–Kier alpha value is -0.0800. The topological polar surface area (TPSA) is 21.3 Å². The molecule has 0 bridgehead atoms. The van der Waals surface area contributed by atoms with Gasteiger partial charge in [-0.2, -0.15) is 0 Å². The summed E-state index contributed by atoms with van der Waals surface area (Å²) in [7, 11) is 0. The van der Waals surface area contributed by atoms with E-state index in [9.17, 15) is 0 Å². The zero-order valence-corrected chi connectivity index (χ0v) is 10.8. The molecule has 1 spiro atoms. The second kappa shape index (κ2) is 6.02. The van der Waals surface area contributed by atoms with Crippen molar-refractivity contribution in [1.29, 1.82) is 0 Å². The third-order valence-electron chi connectivity index (χ3n) is 4.22. The first-order valence-electron chi connectivity index (χ1n) is 7.22. The van der Waals surface area contributed by atoms with Gasteiger partial charge < -0.3 is 10.1 Å². The van der Waals surface area contributed by atoms with E-state index in [0.29, 0.717) is 5.60 Å². The Balaban J connectivity index is 1.58. The fourth-order valence-corrected chi connectivity index (χ4v) is 2.98. The number of hydrogen-bond acceptors (Lipinski definition) is 2. The Labute approximate surface area is 100 Å². The molecule has 1 aliphatic carbocycles. The lowest BCUT2D eigenvalue weighted by molar-refractivity contribution is -0.135. The van der Waals surface area contributed by atoms with E-state index in [1.54, 1.807) is 0 Å². The van der Waals surface area contributed by atoms with Crippen molar-refractivity contribution in [3.63, 3.8) is 0 Å². The summed E-state index contributed by atoms with van der Waals surface area (Å²) < 4.78 is 5.94. The van der Waals surface area contributed by atoms with Gasteiger partial charge in [-0.15, -0.1) is 0 Å². The molecule has 0 aromatic carbocycles. The lowest BCUT2D eigenvalue weighted by atomic mass is 9.74. The highest BCUT2D eigenvalue weighted by Gasteiger charge is 2.42. The van der Waals surface area contributed by atoms with E-state index in [4.69, 9.17) is 4.74 Å². The van der Waals surface area contributed by atoms with Crippen molar-refractivity contribution in [2.75, 3.05) is 13.2 Å². The number of ether oxygens (including phenoxy) is 1. The van der Waals surface area contributed by atoms with Gasteiger partial charge in [-0.3, -0.25) is 0 Å². The molecule has 1 aliphatic heterocycles. The van der Waals surface area contributed by atoms with Crippen LogP contribution < -0.4 is 5.32 Å². The summed E-state index contributed by atoms with van der Waals surface area (Å²) in [6, 6.07) is 0.732. The van der Waals surface area contributed by atoms with Crippen LogP contribution in [0.15, 0.2) is 0 Å². The molecule has 2 rings (SSSR count). The maximum absolute atomic E-state index is 5.94. The first kappa shape index (κ1) is 12.4. The maximum Gasteiger partial charge on any atom is 0.0697 e. The van der Waals surface area contributed by atoms with Crippen LogP contribution >= 0.6 is 0 Å². The predicted octanol–water partition coefficient (Wildman–Crippen LogP) is 3.26. The minimum absolute atomic E-state index is 0.305. The van der Waals surface area contributed by atoms with Crippen molar-refractivity contribution in [2.24, 2.45) is 0 Å². The van der Waals surface area contributed by atoms with Gasteiger partial charge in [-0.1, -0.05) is 26.2 Å². The van der Waals surface area contributed by atoms with Crippen LogP contribution in [0.5, 0.6) is 0 Å². The van der Waals surface area contributed by atoms with Crippen LogP contribution in [0.1, 0.15) is 64.7 Å². The largest absolute Gasteiger partial charge is 0.375 e. The van der Waals surface area contributed by atoms with Crippen molar-refractivity contribution < 1.29 is 4.74 Å². The number of unbranched alkanes of at least 4 members (excludes halogenated alkanes) is 3. The molecule has 1 N–H and O–H groups in total. The fraction of sp³-hybridized carbons (Fsp3) is 1.00. The van der Waals surface area contributed by atoms with Crippen LogP contribution in [0.25, 0.3) is 0 Å². The Morgan fingerprint density at radius 3 is 2.81 bits per heavy atom. The third-order valence-corrected chi connectivity index (χ3v) is 4.22. The van der Waals surface area contributed by atoms with Crippen molar-refractivity contribution in [3.8, 4) is 0 Å². The van der Waals surface area contributed by atoms with Crippen LogP contribution in [0.3, 0.4) is 0 Å². The molecule has 1 unspecified atom stereocenters. The molecule has 2 aliphatic rings. The maximum atomic E-state index is 5.94. The summed E-state index contributed by atoms with van der Waals surface area (Å²) in [6.45, 7) is 4.46. The first-order valence-corrected chi connectivity index (χ1v) is 7.22. The van der Waals surface area contributed by atoms with Gasteiger partial charge in [0.1, 0.15) is 0 Å². The standard InChI is InChI=1S/C14H27NO/c1-2-3-4-5-10-15-13-7-11-16-14(12-13)8-6-9-14/h13,15H,2-12H2,1H3. The van der Waals surface area contributed by atoms with Gasteiger partial charge in [-0.05, 0) is 45.1 Å². The van der Waals surface area contributed by atoms with Gasteiger partial charge in [0.2, 0.25) is 0 Å². The number of rotatable bonds is 6. The summed E-state index contributed by atoms with van der Waals surface area (Å²) >= 11 is 0. The van der Waals surface area contributed by atoms with E-state index in [1.807, 2.05) is 0 Å². The third kappa shape index (κ3) is 3.21. The average Bonchev–Trinajstić information content (AvgIpc) is 2.27. The van der Waals surface area contributed by atoms with Crippen molar-refractivity contribution >= 4 is 0 Å². The van der Waals surface area contributed by atoms with Gasteiger partial charge in [0.15, 0.2) is 0 Å². The highest BCUT2D eigenvalue weighted by Crippen LogP contribution is 2.42. The summed E-state index contributed by atoms with van der Waals surface area (Å²) in [5.41, 5.74) is 0.305. The normalized spacial score (nSPS) is 27.9. The van der Waals surface area contributed by atoms with E-state index in [-0.39, 0.29) is 0 Å². The molecule has 2 heteroatoms. The molecule has 0 amide bonds. The Bertz CT molecular complexity index is 201. The van der Waals surface area contributed by atoms with E-state index < -0.39 is 0 Å². The van der Waals surface area contributed by atoms with E-state index in [2.05, 4.69) is 12.2 Å². The summed E-state index contributed by atoms with van der Waals surface area (Å²) in [5.74, 6) is 0. The predicted molar refractivity (Wildman–Crippen MR) is 67.7 cm³/mol. The molecule has 2 fully saturated rings. The molecule has 2 nitrogen and oxygen atoms in total. The Morgan fingerprint density at radius 2 is 2.12 bits per heavy atom. The summed E-state index contributed by atoms with van der Waals surface area (Å²) in [4.78, 5) is 0. The molecule has 0 aromatic rings. The lowest BCUT2D eigenvalue weighted by Gasteiger charge is -2.47. The van der Waals surface area contributed by atoms with Crippen molar-refractivity contribution in [1.82, 2.24) is 5.32 Å². The Kier molecular flexibility index (Phi) is 4.66. The van der Waals surface area contributed by atoms with Gasteiger partial charge >= 0.3 is 0 Å². The van der Waals surface area contributed by atoms with Gasteiger partial charge in [0.05, 0.1) is 5.60 Å². The quantitative estimate of drug-likeness (QED) is 0.701. The molecule has 1 heterocycles. The van der Waals surface area contributed by atoms with Crippen molar-refractivity contribution in [3.05, 3.63) is 0 Å². The van der Waals surface area contributed by atoms with E-state index in [1.165, 1.54) is 64.3 Å². The van der Waals surface area contributed by atoms with Crippen LogP contribution in [0, 0.1) is 0 Å². The van der Waals surface area contributed by atoms with E-state index in [0.717, 1.165) is 12.6 Å². The molecular formula is C14H27NO. The van der Waals surface area contributed by atoms with Crippen molar-refractivity contribution in [2.45, 2.75) is 76.4 Å². The molecule has 1 saturated carbocycles. The van der Waals surface area contributed by atoms with Gasteiger partial charge in [-0.25, -0.2) is 0 Å². The minimum atomic E-state index is 0.305. The second-order valence-electron chi connectivity index (χ2n) is 5.59. The van der Waals surface area contributed by atoms with Crippen LogP contribution in [-0.2, 0) is 4.74 Å². The van der Waals surface area contributed by atoms with Crippen LogP contribution in [-0.4, -0.2) is 24.8 Å².